The summed E-state index contributed by atoms with van der Waals surface area (Å²) >= 11 is 0. The average Bonchev–Trinajstić information content (AvgIpc) is 2.53. The molecule has 1 aromatic heterocycles. The van der Waals surface area contributed by atoms with E-state index in [9.17, 15) is 4.79 Å². The topological polar surface area (TPSA) is 57.0 Å². The fourth-order valence-corrected chi connectivity index (χ4v) is 1.53. The minimum Gasteiger partial charge on any atom is -0.455 e. The van der Waals surface area contributed by atoms with E-state index in [0.29, 0.717) is 5.69 Å². The van der Waals surface area contributed by atoms with Gasteiger partial charge < -0.3 is 4.74 Å². The molecule has 0 radical (unpaired) electrons. The van der Waals surface area contributed by atoms with Crippen molar-refractivity contribution in [1.29, 1.82) is 0 Å². The lowest BCUT2D eigenvalue weighted by atomic mass is 9.92. The van der Waals surface area contributed by atoms with E-state index in [2.05, 4.69) is 31.1 Å². The van der Waals surface area contributed by atoms with Crippen LogP contribution in [-0.4, -0.2) is 26.6 Å². The van der Waals surface area contributed by atoms with E-state index in [4.69, 9.17) is 4.74 Å². The summed E-state index contributed by atoms with van der Waals surface area (Å²) in [6.07, 6.45) is 0.977. The van der Waals surface area contributed by atoms with Crippen LogP contribution in [0.3, 0.4) is 0 Å². The summed E-state index contributed by atoms with van der Waals surface area (Å²) in [5.74, 6) is -0.410. The lowest BCUT2D eigenvalue weighted by Gasteiger charge is -2.19. The second-order valence-corrected chi connectivity index (χ2v) is 7.06. The third-order valence-corrected chi connectivity index (χ3v) is 2.65. The van der Waals surface area contributed by atoms with E-state index >= 15 is 0 Å². The maximum Gasteiger partial charge on any atom is 0.361 e. The van der Waals surface area contributed by atoms with Gasteiger partial charge in [-0.05, 0) is 39.5 Å². The number of carbonyl (C=O) groups is 1. The summed E-state index contributed by atoms with van der Waals surface area (Å²) in [4.78, 5) is 12.0. The van der Waals surface area contributed by atoms with Crippen molar-refractivity contribution < 1.29 is 9.53 Å². The molecule has 0 aromatic carbocycles. The smallest absolute Gasteiger partial charge is 0.361 e. The standard InChI is InChI=1S/C14H25N3O2/c1-10-11(12(18)19-14(5,6)7)15-16-17(10)9-8-13(2,3)4/h8-9H2,1-7H3. The molecule has 5 heteroatoms. The van der Waals surface area contributed by atoms with Crippen molar-refractivity contribution in [2.45, 2.75) is 67.0 Å². The molecule has 19 heavy (non-hydrogen) atoms. The largest absolute Gasteiger partial charge is 0.455 e. The number of rotatable bonds is 3. The number of esters is 1. The van der Waals surface area contributed by atoms with Crippen molar-refractivity contribution in [1.82, 2.24) is 15.0 Å². The molecule has 5 nitrogen and oxygen atoms in total. The number of ether oxygens (including phenoxy) is 1. The van der Waals surface area contributed by atoms with Gasteiger partial charge in [0.1, 0.15) is 5.60 Å². The molecule has 0 fully saturated rings. The molecule has 0 spiro atoms. The first-order chi connectivity index (χ1) is 8.49. The van der Waals surface area contributed by atoms with Crippen LogP contribution in [0.25, 0.3) is 0 Å². The van der Waals surface area contributed by atoms with Gasteiger partial charge in [-0.15, -0.1) is 5.10 Å². The second kappa shape index (κ2) is 5.31. The molecule has 0 amide bonds. The molecule has 0 bridgehead atoms. The van der Waals surface area contributed by atoms with E-state index in [-0.39, 0.29) is 5.41 Å². The molecule has 0 atom stereocenters. The van der Waals surface area contributed by atoms with Gasteiger partial charge in [-0.3, -0.25) is 0 Å². The Morgan fingerprint density at radius 2 is 1.79 bits per heavy atom. The van der Waals surface area contributed by atoms with E-state index < -0.39 is 11.6 Å². The molecule has 0 unspecified atom stereocenters. The van der Waals surface area contributed by atoms with E-state index in [1.54, 1.807) is 4.68 Å². The van der Waals surface area contributed by atoms with Gasteiger partial charge in [0, 0.05) is 6.54 Å². The molecule has 0 N–H and O–H groups in total. The van der Waals surface area contributed by atoms with Crippen LogP contribution in [-0.2, 0) is 11.3 Å². The molecule has 0 aliphatic rings. The van der Waals surface area contributed by atoms with Crippen molar-refractivity contribution in [2.24, 2.45) is 5.41 Å². The van der Waals surface area contributed by atoms with Crippen molar-refractivity contribution in [3.63, 3.8) is 0 Å². The predicted octanol–water partition coefficient (Wildman–Crippen LogP) is 2.98. The highest BCUT2D eigenvalue weighted by atomic mass is 16.6. The number of aromatic nitrogens is 3. The monoisotopic (exact) mass is 267 g/mol. The number of aryl methyl sites for hydroxylation is 1. The molecule has 0 saturated carbocycles. The summed E-state index contributed by atoms with van der Waals surface area (Å²) < 4.78 is 7.08. The number of carbonyl (C=O) groups excluding carboxylic acids is 1. The maximum absolute atomic E-state index is 12.0. The van der Waals surface area contributed by atoms with Crippen LogP contribution in [0, 0.1) is 12.3 Å². The van der Waals surface area contributed by atoms with Crippen molar-refractivity contribution >= 4 is 5.97 Å². The van der Waals surface area contributed by atoms with Crippen molar-refractivity contribution in [3.8, 4) is 0 Å². The van der Waals surface area contributed by atoms with Gasteiger partial charge in [0.05, 0.1) is 5.69 Å². The highest BCUT2D eigenvalue weighted by molar-refractivity contribution is 5.88. The first kappa shape index (κ1) is 15.7. The highest BCUT2D eigenvalue weighted by Gasteiger charge is 2.23. The van der Waals surface area contributed by atoms with E-state index in [1.807, 2.05) is 27.7 Å². The van der Waals surface area contributed by atoms with Gasteiger partial charge in [-0.2, -0.15) is 0 Å². The number of hydrogen-bond acceptors (Lipinski definition) is 4. The lowest BCUT2D eigenvalue weighted by Crippen LogP contribution is -2.24. The van der Waals surface area contributed by atoms with Gasteiger partial charge in [-0.25, -0.2) is 9.48 Å². The average molecular weight is 267 g/mol. The fourth-order valence-electron chi connectivity index (χ4n) is 1.53. The van der Waals surface area contributed by atoms with Crippen molar-refractivity contribution in [3.05, 3.63) is 11.4 Å². The number of nitrogens with zero attached hydrogens (tertiary/aromatic N) is 3. The van der Waals surface area contributed by atoms with Crippen molar-refractivity contribution in [2.75, 3.05) is 0 Å². The molecule has 0 aliphatic carbocycles. The summed E-state index contributed by atoms with van der Waals surface area (Å²) in [6, 6.07) is 0. The molecule has 1 aromatic rings. The predicted molar refractivity (Wildman–Crippen MR) is 74.0 cm³/mol. The SMILES string of the molecule is Cc1c(C(=O)OC(C)(C)C)nnn1CCC(C)(C)C. The van der Waals surface area contributed by atoms with Crippen LogP contribution >= 0.6 is 0 Å². The zero-order chi connectivity index (χ0) is 14.8. The zero-order valence-electron chi connectivity index (χ0n) is 13.1. The zero-order valence-corrected chi connectivity index (χ0v) is 13.1. The molecule has 108 valence electrons. The third-order valence-electron chi connectivity index (χ3n) is 2.65. The Labute approximate surface area is 115 Å². The fraction of sp³-hybridized carbons (Fsp3) is 0.786. The quantitative estimate of drug-likeness (QED) is 0.790. The summed E-state index contributed by atoms with van der Waals surface area (Å²) in [7, 11) is 0. The molecular weight excluding hydrogens is 242 g/mol. The minimum absolute atomic E-state index is 0.227. The molecule has 0 aliphatic heterocycles. The Bertz CT molecular complexity index is 450. The minimum atomic E-state index is -0.515. The first-order valence-electron chi connectivity index (χ1n) is 6.63. The maximum atomic E-state index is 12.0. The number of hydrogen-bond donors (Lipinski definition) is 0. The Hall–Kier alpha value is -1.39. The van der Waals surface area contributed by atoms with Gasteiger partial charge in [0.25, 0.3) is 0 Å². The second-order valence-electron chi connectivity index (χ2n) is 7.06. The Morgan fingerprint density at radius 3 is 2.26 bits per heavy atom. The molecule has 1 rings (SSSR count). The van der Waals surface area contributed by atoms with Crippen LogP contribution in [0.2, 0.25) is 0 Å². The molecule has 1 heterocycles. The van der Waals surface area contributed by atoms with Gasteiger partial charge >= 0.3 is 5.97 Å². The van der Waals surface area contributed by atoms with Gasteiger partial charge in [0.15, 0.2) is 5.69 Å². The van der Waals surface area contributed by atoms with Crippen LogP contribution < -0.4 is 0 Å². The summed E-state index contributed by atoms with van der Waals surface area (Å²) in [5.41, 5.74) is 0.783. The van der Waals surface area contributed by atoms with E-state index in [0.717, 1.165) is 18.7 Å². The van der Waals surface area contributed by atoms with Gasteiger partial charge in [0.2, 0.25) is 0 Å². The van der Waals surface area contributed by atoms with Crippen LogP contribution in [0.15, 0.2) is 0 Å². The first-order valence-corrected chi connectivity index (χ1v) is 6.63. The van der Waals surface area contributed by atoms with Crippen LogP contribution in [0.5, 0.6) is 0 Å². The lowest BCUT2D eigenvalue weighted by molar-refractivity contribution is 0.00619. The third kappa shape index (κ3) is 5.01. The van der Waals surface area contributed by atoms with Crippen LogP contribution in [0.1, 0.15) is 64.1 Å². The Kier molecular flexibility index (Phi) is 4.38. The van der Waals surface area contributed by atoms with Gasteiger partial charge in [-0.1, -0.05) is 26.0 Å². The van der Waals surface area contributed by atoms with E-state index in [1.165, 1.54) is 0 Å². The summed E-state index contributed by atoms with van der Waals surface area (Å²) in [5, 5.41) is 7.97. The molecule has 0 saturated heterocycles. The highest BCUT2D eigenvalue weighted by Crippen LogP contribution is 2.20. The normalized spacial score (nSPS) is 12.6. The summed E-state index contributed by atoms with van der Waals surface area (Å²) in [6.45, 7) is 14.6. The Balaban J connectivity index is 2.79. The van der Waals surface area contributed by atoms with Crippen LogP contribution in [0.4, 0.5) is 0 Å². The molecular formula is C14H25N3O2. The Morgan fingerprint density at radius 1 is 1.21 bits per heavy atom.